The van der Waals surface area contributed by atoms with Gasteiger partial charge in [-0.05, 0) is 37.1 Å². The molecule has 3 nitrogen and oxygen atoms in total. The number of hydrogen-bond acceptors (Lipinski definition) is 3. The molecule has 4 heteroatoms. The molecule has 1 aliphatic heterocycles. The van der Waals surface area contributed by atoms with Crippen molar-refractivity contribution in [3.8, 4) is 5.75 Å². The van der Waals surface area contributed by atoms with Crippen LogP contribution in [0.4, 0.5) is 0 Å². The van der Waals surface area contributed by atoms with Crippen molar-refractivity contribution in [2.45, 2.75) is 25.3 Å². The van der Waals surface area contributed by atoms with Crippen LogP contribution in [0.2, 0.25) is 0 Å². The first-order chi connectivity index (χ1) is 9.83. The number of nitrogens with one attached hydrogen (secondary N) is 1. The van der Waals surface area contributed by atoms with Crippen molar-refractivity contribution in [3.63, 3.8) is 0 Å². The van der Waals surface area contributed by atoms with E-state index in [2.05, 4.69) is 39.4 Å². The summed E-state index contributed by atoms with van der Waals surface area (Å²) in [6.07, 6.45) is 4.81. The lowest BCUT2D eigenvalue weighted by atomic mass is 10.0. The predicted octanol–water partition coefficient (Wildman–Crippen LogP) is 4.09. The second-order valence-electron chi connectivity index (χ2n) is 5.01. The molecule has 0 saturated heterocycles. The lowest BCUT2D eigenvalue weighted by Crippen LogP contribution is -2.23. The van der Waals surface area contributed by atoms with Crippen molar-refractivity contribution >= 4 is 15.9 Å². The molecule has 1 aliphatic rings. The SMILES string of the molecule is Brc1ccc2c(c1)OCCCC2NCCc1ccco1. The van der Waals surface area contributed by atoms with E-state index in [1.54, 1.807) is 6.26 Å². The number of furan rings is 1. The number of rotatable bonds is 4. The summed E-state index contributed by atoms with van der Waals surface area (Å²) in [5.41, 5.74) is 1.25. The highest BCUT2D eigenvalue weighted by atomic mass is 79.9. The van der Waals surface area contributed by atoms with Crippen LogP contribution in [-0.4, -0.2) is 13.2 Å². The van der Waals surface area contributed by atoms with Crippen LogP contribution in [0.25, 0.3) is 0 Å². The average molecular weight is 336 g/mol. The Morgan fingerprint density at radius 1 is 1.30 bits per heavy atom. The van der Waals surface area contributed by atoms with Crippen LogP contribution >= 0.6 is 15.9 Å². The van der Waals surface area contributed by atoms with Crippen molar-refractivity contribution in [1.29, 1.82) is 0 Å². The Morgan fingerprint density at radius 2 is 2.25 bits per heavy atom. The zero-order valence-electron chi connectivity index (χ0n) is 11.3. The maximum atomic E-state index is 5.82. The number of halogens is 1. The van der Waals surface area contributed by atoms with Gasteiger partial charge in [0.05, 0.1) is 12.9 Å². The third-order valence-corrected chi connectivity index (χ3v) is 4.08. The molecule has 3 rings (SSSR count). The summed E-state index contributed by atoms with van der Waals surface area (Å²) >= 11 is 3.50. The maximum Gasteiger partial charge on any atom is 0.125 e. The fourth-order valence-corrected chi connectivity index (χ4v) is 2.92. The van der Waals surface area contributed by atoms with Gasteiger partial charge in [-0.15, -0.1) is 0 Å². The molecule has 2 aromatic rings. The van der Waals surface area contributed by atoms with E-state index >= 15 is 0 Å². The van der Waals surface area contributed by atoms with Gasteiger partial charge in [0.1, 0.15) is 11.5 Å². The van der Waals surface area contributed by atoms with E-state index < -0.39 is 0 Å². The Bertz CT molecular complexity index is 554. The van der Waals surface area contributed by atoms with Crippen LogP contribution in [0.3, 0.4) is 0 Å². The normalized spacial score (nSPS) is 18.1. The summed E-state index contributed by atoms with van der Waals surface area (Å²) in [5.74, 6) is 2.02. The fourth-order valence-electron chi connectivity index (χ4n) is 2.58. The Labute approximate surface area is 127 Å². The third kappa shape index (κ3) is 3.25. The van der Waals surface area contributed by atoms with Crippen LogP contribution in [0.1, 0.15) is 30.2 Å². The van der Waals surface area contributed by atoms with Gasteiger partial charge >= 0.3 is 0 Å². The summed E-state index contributed by atoms with van der Waals surface area (Å²) in [7, 11) is 0. The molecule has 0 fully saturated rings. The smallest absolute Gasteiger partial charge is 0.125 e. The molecule has 1 aromatic carbocycles. The molecule has 0 saturated carbocycles. The molecule has 1 aromatic heterocycles. The molecule has 0 bridgehead atoms. The average Bonchev–Trinajstić information content (AvgIpc) is 2.87. The molecular formula is C16H18BrNO2. The minimum absolute atomic E-state index is 0.357. The minimum atomic E-state index is 0.357. The van der Waals surface area contributed by atoms with Crippen molar-refractivity contribution in [2.24, 2.45) is 0 Å². The standard InChI is InChI=1S/C16H18BrNO2/c17-12-5-6-14-15(4-2-10-20-16(14)11-12)18-8-7-13-3-1-9-19-13/h1,3,5-6,9,11,15,18H,2,4,7-8,10H2. The molecule has 1 atom stereocenters. The largest absolute Gasteiger partial charge is 0.493 e. The second kappa shape index (κ2) is 6.46. The molecule has 2 heterocycles. The van der Waals surface area contributed by atoms with Gasteiger partial charge in [0.2, 0.25) is 0 Å². The van der Waals surface area contributed by atoms with Crippen molar-refractivity contribution in [2.75, 3.05) is 13.2 Å². The summed E-state index contributed by atoms with van der Waals surface area (Å²) in [6, 6.07) is 10.6. The molecule has 0 radical (unpaired) electrons. The molecule has 106 valence electrons. The zero-order chi connectivity index (χ0) is 13.8. The molecule has 1 N–H and O–H groups in total. The Kier molecular flexibility index (Phi) is 4.43. The van der Waals surface area contributed by atoms with Crippen LogP contribution in [0.5, 0.6) is 5.75 Å². The number of hydrogen-bond donors (Lipinski definition) is 1. The number of fused-ring (bicyclic) bond motifs is 1. The highest BCUT2D eigenvalue weighted by molar-refractivity contribution is 9.10. The molecule has 0 aliphatic carbocycles. The first-order valence-electron chi connectivity index (χ1n) is 7.01. The molecule has 1 unspecified atom stereocenters. The fraction of sp³-hybridized carbons (Fsp3) is 0.375. The Balaban J connectivity index is 1.67. The topological polar surface area (TPSA) is 34.4 Å². The zero-order valence-corrected chi connectivity index (χ0v) is 12.9. The van der Waals surface area contributed by atoms with E-state index in [1.165, 1.54) is 5.56 Å². The van der Waals surface area contributed by atoms with E-state index in [4.69, 9.17) is 9.15 Å². The van der Waals surface area contributed by atoms with Crippen LogP contribution in [-0.2, 0) is 6.42 Å². The summed E-state index contributed by atoms with van der Waals surface area (Å²) in [6.45, 7) is 1.70. The maximum absolute atomic E-state index is 5.82. The van der Waals surface area contributed by atoms with E-state index in [-0.39, 0.29) is 0 Å². The van der Waals surface area contributed by atoms with Gasteiger partial charge < -0.3 is 14.5 Å². The first kappa shape index (κ1) is 13.7. The van der Waals surface area contributed by atoms with E-state index in [0.29, 0.717) is 6.04 Å². The lowest BCUT2D eigenvalue weighted by Gasteiger charge is -2.18. The molecule has 20 heavy (non-hydrogen) atoms. The number of ether oxygens (including phenoxy) is 1. The van der Waals surface area contributed by atoms with Gasteiger partial charge in [-0.2, -0.15) is 0 Å². The second-order valence-corrected chi connectivity index (χ2v) is 5.92. The lowest BCUT2D eigenvalue weighted by molar-refractivity contribution is 0.315. The monoisotopic (exact) mass is 335 g/mol. The minimum Gasteiger partial charge on any atom is -0.493 e. The predicted molar refractivity (Wildman–Crippen MR) is 82.0 cm³/mol. The molecule has 0 spiro atoms. The van der Waals surface area contributed by atoms with Gasteiger partial charge in [0.15, 0.2) is 0 Å². The summed E-state index contributed by atoms with van der Waals surface area (Å²) in [5, 5.41) is 3.62. The van der Waals surface area contributed by atoms with Crippen molar-refractivity contribution < 1.29 is 9.15 Å². The highest BCUT2D eigenvalue weighted by Gasteiger charge is 2.19. The van der Waals surface area contributed by atoms with Gasteiger partial charge in [-0.1, -0.05) is 22.0 Å². The Morgan fingerprint density at radius 3 is 3.10 bits per heavy atom. The van der Waals surface area contributed by atoms with Crippen LogP contribution < -0.4 is 10.1 Å². The number of benzene rings is 1. The van der Waals surface area contributed by atoms with E-state index in [1.807, 2.05) is 12.1 Å². The molecular weight excluding hydrogens is 318 g/mol. The highest BCUT2D eigenvalue weighted by Crippen LogP contribution is 2.33. The van der Waals surface area contributed by atoms with Crippen LogP contribution in [0.15, 0.2) is 45.5 Å². The molecule has 0 amide bonds. The Hall–Kier alpha value is -1.26. The van der Waals surface area contributed by atoms with Gasteiger partial charge in [-0.3, -0.25) is 0 Å². The van der Waals surface area contributed by atoms with Crippen LogP contribution in [0, 0.1) is 0 Å². The van der Waals surface area contributed by atoms with E-state index in [0.717, 1.165) is 48.4 Å². The van der Waals surface area contributed by atoms with Gasteiger partial charge in [0.25, 0.3) is 0 Å². The van der Waals surface area contributed by atoms with Gasteiger partial charge in [-0.25, -0.2) is 0 Å². The summed E-state index contributed by atoms with van der Waals surface area (Å²) < 4.78 is 12.2. The summed E-state index contributed by atoms with van der Waals surface area (Å²) in [4.78, 5) is 0. The first-order valence-corrected chi connectivity index (χ1v) is 7.80. The van der Waals surface area contributed by atoms with E-state index in [9.17, 15) is 0 Å². The van der Waals surface area contributed by atoms with Crippen molar-refractivity contribution in [3.05, 3.63) is 52.4 Å². The van der Waals surface area contributed by atoms with Crippen molar-refractivity contribution in [1.82, 2.24) is 5.32 Å². The quantitative estimate of drug-likeness (QED) is 0.913. The van der Waals surface area contributed by atoms with Gasteiger partial charge in [0, 0.05) is 29.0 Å². The third-order valence-electron chi connectivity index (χ3n) is 3.59.